The first-order valence-corrected chi connectivity index (χ1v) is 8.16. The number of thiazole rings is 1. The van der Waals surface area contributed by atoms with Gasteiger partial charge in [0.15, 0.2) is 10.8 Å². The van der Waals surface area contributed by atoms with E-state index in [9.17, 15) is 4.79 Å². The molecule has 0 aliphatic rings. The van der Waals surface area contributed by atoms with Crippen molar-refractivity contribution in [2.75, 3.05) is 0 Å². The smallest absolute Gasteiger partial charge is 0.270 e. The van der Waals surface area contributed by atoms with Gasteiger partial charge >= 0.3 is 0 Å². The van der Waals surface area contributed by atoms with Crippen LogP contribution in [-0.4, -0.2) is 26.9 Å². The third-order valence-corrected chi connectivity index (χ3v) is 4.11. The van der Waals surface area contributed by atoms with Crippen molar-refractivity contribution in [2.24, 2.45) is 0 Å². The van der Waals surface area contributed by atoms with Gasteiger partial charge in [0.1, 0.15) is 11.5 Å². The second-order valence-corrected chi connectivity index (χ2v) is 5.96. The SMILES string of the molecule is C[C@H](CCc1ccco1)NC(=O)c1csc(-c2ncccn2)n1. The van der Waals surface area contributed by atoms with Gasteiger partial charge in [-0.1, -0.05) is 0 Å². The van der Waals surface area contributed by atoms with E-state index in [0.717, 1.165) is 18.6 Å². The van der Waals surface area contributed by atoms with Crippen LogP contribution in [0.15, 0.2) is 46.7 Å². The number of hydrogen-bond donors (Lipinski definition) is 1. The van der Waals surface area contributed by atoms with Gasteiger partial charge in [0.05, 0.1) is 6.26 Å². The average Bonchev–Trinajstić information content (AvgIpc) is 3.25. The number of rotatable bonds is 6. The van der Waals surface area contributed by atoms with Crippen molar-refractivity contribution in [3.63, 3.8) is 0 Å². The summed E-state index contributed by atoms with van der Waals surface area (Å²) in [6, 6.07) is 5.57. The molecule has 0 saturated carbocycles. The monoisotopic (exact) mass is 328 g/mol. The lowest BCUT2D eigenvalue weighted by Crippen LogP contribution is -2.33. The summed E-state index contributed by atoms with van der Waals surface area (Å²) in [4.78, 5) is 24.8. The molecule has 0 aliphatic carbocycles. The van der Waals surface area contributed by atoms with Crippen LogP contribution in [0.3, 0.4) is 0 Å². The number of amides is 1. The van der Waals surface area contributed by atoms with Crippen LogP contribution in [0.5, 0.6) is 0 Å². The molecule has 0 unspecified atom stereocenters. The molecule has 6 nitrogen and oxygen atoms in total. The quantitative estimate of drug-likeness (QED) is 0.752. The van der Waals surface area contributed by atoms with E-state index in [1.54, 1.807) is 30.1 Å². The lowest BCUT2D eigenvalue weighted by Gasteiger charge is -2.11. The zero-order valence-electron chi connectivity index (χ0n) is 12.6. The highest BCUT2D eigenvalue weighted by Gasteiger charge is 2.15. The van der Waals surface area contributed by atoms with E-state index >= 15 is 0 Å². The first kappa shape index (κ1) is 15.4. The largest absolute Gasteiger partial charge is 0.469 e. The van der Waals surface area contributed by atoms with Crippen LogP contribution >= 0.6 is 11.3 Å². The van der Waals surface area contributed by atoms with Crippen LogP contribution in [0.25, 0.3) is 10.8 Å². The van der Waals surface area contributed by atoms with Gasteiger partial charge in [-0.05, 0) is 31.5 Å². The summed E-state index contributed by atoms with van der Waals surface area (Å²) in [7, 11) is 0. The Morgan fingerprint density at radius 1 is 1.35 bits per heavy atom. The standard InChI is InChI=1S/C16H16N4O2S/c1-11(5-6-12-4-2-9-22-12)19-15(21)13-10-23-16(20-13)14-17-7-3-8-18-14/h2-4,7-11H,5-6H2,1H3,(H,19,21)/t11-/m1/s1. The van der Waals surface area contributed by atoms with Crippen LogP contribution in [0.1, 0.15) is 29.6 Å². The molecule has 1 N–H and O–H groups in total. The molecule has 3 aromatic rings. The summed E-state index contributed by atoms with van der Waals surface area (Å²) in [5.41, 5.74) is 0.391. The van der Waals surface area contributed by atoms with Crippen LogP contribution in [0.2, 0.25) is 0 Å². The van der Waals surface area contributed by atoms with Gasteiger partial charge in [-0.3, -0.25) is 4.79 Å². The fourth-order valence-electron chi connectivity index (χ4n) is 2.07. The van der Waals surface area contributed by atoms with Crippen LogP contribution in [0, 0.1) is 0 Å². The van der Waals surface area contributed by atoms with Gasteiger partial charge in [0.2, 0.25) is 0 Å². The third-order valence-electron chi connectivity index (χ3n) is 3.28. The second-order valence-electron chi connectivity index (χ2n) is 5.10. The lowest BCUT2D eigenvalue weighted by molar-refractivity contribution is 0.0934. The Kier molecular flexibility index (Phi) is 4.77. The highest BCUT2D eigenvalue weighted by Crippen LogP contribution is 2.19. The molecule has 3 rings (SSSR count). The number of carbonyl (C=O) groups is 1. The normalized spacial score (nSPS) is 12.0. The number of hydrogen-bond acceptors (Lipinski definition) is 6. The van der Waals surface area contributed by atoms with Crippen molar-refractivity contribution in [1.82, 2.24) is 20.3 Å². The summed E-state index contributed by atoms with van der Waals surface area (Å²) in [6.07, 6.45) is 6.55. The minimum Gasteiger partial charge on any atom is -0.469 e. The van der Waals surface area contributed by atoms with E-state index < -0.39 is 0 Å². The Hall–Kier alpha value is -2.54. The summed E-state index contributed by atoms with van der Waals surface area (Å²) >= 11 is 1.36. The Bertz CT molecular complexity index is 756. The molecule has 3 aromatic heterocycles. The Morgan fingerprint density at radius 3 is 2.91 bits per heavy atom. The van der Waals surface area contributed by atoms with Crippen molar-refractivity contribution in [3.05, 3.63) is 53.7 Å². The van der Waals surface area contributed by atoms with Gasteiger partial charge in [-0.2, -0.15) is 0 Å². The topological polar surface area (TPSA) is 80.9 Å². The highest BCUT2D eigenvalue weighted by molar-refractivity contribution is 7.13. The lowest BCUT2D eigenvalue weighted by atomic mass is 10.1. The molecule has 1 atom stereocenters. The van der Waals surface area contributed by atoms with E-state index in [0.29, 0.717) is 16.5 Å². The minimum absolute atomic E-state index is 0.0331. The summed E-state index contributed by atoms with van der Waals surface area (Å²) in [5, 5.41) is 5.31. The van der Waals surface area contributed by atoms with Gasteiger partial charge in [0.25, 0.3) is 5.91 Å². The zero-order valence-corrected chi connectivity index (χ0v) is 13.4. The Labute approximate surface area is 137 Å². The van der Waals surface area contributed by atoms with E-state index in [-0.39, 0.29) is 11.9 Å². The molecule has 7 heteroatoms. The van der Waals surface area contributed by atoms with E-state index in [1.807, 2.05) is 19.1 Å². The molecule has 1 amide bonds. The van der Waals surface area contributed by atoms with Crippen molar-refractivity contribution >= 4 is 17.2 Å². The molecule has 0 radical (unpaired) electrons. The fraction of sp³-hybridized carbons (Fsp3) is 0.250. The maximum Gasteiger partial charge on any atom is 0.270 e. The number of furan rings is 1. The molecule has 0 spiro atoms. The van der Waals surface area contributed by atoms with Crippen molar-refractivity contribution in [3.8, 4) is 10.8 Å². The van der Waals surface area contributed by atoms with Crippen molar-refractivity contribution in [1.29, 1.82) is 0 Å². The third kappa shape index (κ3) is 4.01. The average molecular weight is 328 g/mol. The fourth-order valence-corrected chi connectivity index (χ4v) is 2.82. The molecular weight excluding hydrogens is 312 g/mol. The second kappa shape index (κ2) is 7.15. The first-order chi connectivity index (χ1) is 11.2. The molecule has 0 fully saturated rings. The van der Waals surface area contributed by atoms with Gasteiger partial charge in [-0.15, -0.1) is 11.3 Å². The van der Waals surface area contributed by atoms with Gasteiger partial charge in [0, 0.05) is 30.2 Å². The molecule has 23 heavy (non-hydrogen) atoms. The predicted molar refractivity (Wildman–Crippen MR) is 87.1 cm³/mol. The van der Waals surface area contributed by atoms with Gasteiger partial charge < -0.3 is 9.73 Å². The predicted octanol–water partition coefficient (Wildman–Crippen LogP) is 2.94. The van der Waals surface area contributed by atoms with Crippen LogP contribution in [0.4, 0.5) is 0 Å². The maximum atomic E-state index is 12.2. The number of aryl methyl sites for hydroxylation is 1. The first-order valence-electron chi connectivity index (χ1n) is 7.28. The Morgan fingerprint density at radius 2 is 2.17 bits per heavy atom. The van der Waals surface area contributed by atoms with E-state index in [1.165, 1.54) is 11.3 Å². The van der Waals surface area contributed by atoms with E-state index in [2.05, 4.69) is 20.3 Å². The van der Waals surface area contributed by atoms with Gasteiger partial charge in [-0.25, -0.2) is 15.0 Å². The highest BCUT2D eigenvalue weighted by atomic mass is 32.1. The number of nitrogens with one attached hydrogen (secondary N) is 1. The molecule has 0 bridgehead atoms. The summed E-state index contributed by atoms with van der Waals surface area (Å²) in [5.74, 6) is 1.26. The molecule has 118 valence electrons. The molecular formula is C16H16N4O2S. The van der Waals surface area contributed by atoms with Crippen molar-refractivity contribution < 1.29 is 9.21 Å². The number of aromatic nitrogens is 3. The van der Waals surface area contributed by atoms with Crippen molar-refractivity contribution in [2.45, 2.75) is 25.8 Å². The number of carbonyl (C=O) groups excluding carboxylic acids is 1. The Balaban J connectivity index is 1.57. The summed E-state index contributed by atoms with van der Waals surface area (Å²) < 4.78 is 5.29. The van der Waals surface area contributed by atoms with Crippen LogP contribution in [-0.2, 0) is 6.42 Å². The number of nitrogens with zero attached hydrogens (tertiary/aromatic N) is 3. The zero-order chi connectivity index (χ0) is 16.1. The molecule has 0 aromatic carbocycles. The molecule has 3 heterocycles. The molecule has 0 saturated heterocycles. The summed E-state index contributed by atoms with van der Waals surface area (Å²) in [6.45, 7) is 1.97. The van der Waals surface area contributed by atoms with E-state index in [4.69, 9.17) is 4.42 Å². The molecule has 0 aliphatic heterocycles. The van der Waals surface area contributed by atoms with Crippen LogP contribution < -0.4 is 5.32 Å². The maximum absolute atomic E-state index is 12.2. The minimum atomic E-state index is -0.185.